The van der Waals surface area contributed by atoms with Gasteiger partial charge in [-0.15, -0.1) is 0 Å². The number of hydrazone groups is 1. The van der Waals surface area contributed by atoms with Crippen LogP contribution in [0.3, 0.4) is 0 Å². The van der Waals surface area contributed by atoms with Gasteiger partial charge in [-0.2, -0.15) is 5.10 Å². The van der Waals surface area contributed by atoms with Crippen LogP contribution in [0.5, 0.6) is 0 Å². The predicted octanol–water partition coefficient (Wildman–Crippen LogP) is 2.51. The third-order valence-electron chi connectivity index (χ3n) is 3.96. The van der Waals surface area contributed by atoms with E-state index in [2.05, 4.69) is 21.2 Å². The highest BCUT2D eigenvalue weighted by Gasteiger charge is 2.21. The van der Waals surface area contributed by atoms with E-state index in [9.17, 15) is 14.4 Å². The van der Waals surface area contributed by atoms with Crippen molar-refractivity contribution < 1.29 is 14.4 Å². The Morgan fingerprint density at radius 2 is 1.77 bits per heavy atom. The number of urea groups is 1. The fourth-order valence-corrected chi connectivity index (χ4v) is 2.65. The molecule has 0 aliphatic carbocycles. The first-order valence-electron chi connectivity index (χ1n) is 8.17. The Balaban J connectivity index is 1.61. The van der Waals surface area contributed by atoms with Gasteiger partial charge in [0, 0.05) is 23.6 Å². The summed E-state index contributed by atoms with van der Waals surface area (Å²) in [5.41, 5.74) is 5.08. The van der Waals surface area contributed by atoms with Crippen molar-refractivity contribution in [1.82, 2.24) is 10.7 Å². The topological polar surface area (TPSA) is 99.7 Å². The largest absolute Gasteiger partial charge is 0.326 e. The van der Waals surface area contributed by atoms with E-state index in [1.54, 1.807) is 54.6 Å². The van der Waals surface area contributed by atoms with Crippen molar-refractivity contribution in [1.29, 1.82) is 0 Å². The molecule has 1 unspecified atom stereocenters. The summed E-state index contributed by atoms with van der Waals surface area (Å²) in [6.45, 7) is 1.94. The summed E-state index contributed by atoms with van der Waals surface area (Å²) in [5.74, 6) is -0.547. The molecule has 132 valence electrons. The highest BCUT2D eigenvalue weighted by atomic mass is 16.2. The van der Waals surface area contributed by atoms with Crippen LogP contribution < -0.4 is 16.1 Å². The monoisotopic (exact) mass is 350 g/mol. The quantitative estimate of drug-likeness (QED) is 0.793. The third-order valence-corrected chi connectivity index (χ3v) is 3.96. The maximum Gasteiger partial charge on any atom is 0.326 e. The lowest BCUT2D eigenvalue weighted by Crippen LogP contribution is -2.34. The van der Waals surface area contributed by atoms with Crippen molar-refractivity contribution in [3.63, 3.8) is 0 Å². The van der Waals surface area contributed by atoms with E-state index < -0.39 is 11.9 Å². The Kier molecular flexibility index (Phi) is 5.07. The minimum absolute atomic E-state index is 0.0225. The van der Waals surface area contributed by atoms with Gasteiger partial charge in [-0.05, 0) is 29.8 Å². The first kappa shape index (κ1) is 17.3. The zero-order valence-corrected chi connectivity index (χ0v) is 14.2. The number of imide groups is 1. The molecule has 26 heavy (non-hydrogen) atoms. The number of nitrogens with one attached hydrogen (secondary N) is 3. The number of anilines is 1. The van der Waals surface area contributed by atoms with Crippen molar-refractivity contribution >= 4 is 29.2 Å². The second-order valence-electron chi connectivity index (χ2n) is 5.99. The van der Waals surface area contributed by atoms with Gasteiger partial charge in [0.05, 0.1) is 5.71 Å². The zero-order valence-electron chi connectivity index (χ0n) is 14.2. The highest BCUT2D eigenvalue weighted by Crippen LogP contribution is 2.18. The van der Waals surface area contributed by atoms with Crippen molar-refractivity contribution in [2.24, 2.45) is 11.0 Å². The van der Waals surface area contributed by atoms with Crippen LogP contribution in [0.15, 0.2) is 59.7 Å². The van der Waals surface area contributed by atoms with Gasteiger partial charge in [0.25, 0.3) is 5.91 Å². The molecule has 4 amide bonds. The van der Waals surface area contributed by atoms with Crippen LogP contribution in [-0.4, -0.2) is 23.6 Å². The van der Waals surface area contributed by atoms with Crippen molar-refractivity contribution in [2.45, 2.75) is 13.3 Å². The van der Waals surface area contributed by atoms with Gasteiger partial charge >= 0.3 is 6.03 Å². The molecule has 0 aromatic heterocycles. The van der Waals surface area contributed by atoms with Gasteiger partial charge in [-0.25, -0.2) is 10.2 Å². The lowest BCUT2D eigenvalue weighted by Gasteiger charge is -2.19. The molecule has 7 nitrogen and oxygen atoms in total. The average Bonchev–Trinajstić information content (AvgIpc) is 2.63. The molecular formula is C19H18N4O3. The average molecular weight is 350 g/mol. The van der Waals surface area contributed by atoms with Crippen LogP contribution in [0.1, 0.15) is 29.3 Å². The molecule has 0 fully saturated rings. The number of carbonyl (C=O) groups excluding carboxylic acids is 3. The molecular weight excluding hydrogens is 332 g/mol. The van der Waals surface area contributed by atoms with Gasteiger partial charge < -0.3 is 5.32 Å². The van der Waals surface area contributed by atoms with Crippen molar-refractivity contribution in [3.8, 4) is 0 Å². The summed E-state index contributed by atoms with van der Waals surface area (Å²) in [5, 5.41) is 8.98. The first-order valence-corrected chi connectivity index (χ1v) is 8.17. The van der Waals surface area contributed by atoms with Crippen LogP contribution >= 0.6 is 0 Å². The molecule has 0 spiro atoms. The molecule has 0 radical (unpaired) electrons. The molecule has 3 rings (SSSR count). The van der Waals surface area contributed by atoms with Gasteiger partial charge in [-0.3, -0.25) is 14.9 Å². The Labute approximate surface area is 150 Å². The number of benzene rings is 2. The van der Waals surface area contributed by atoms with E-state index >= 15 is 0 Å². The second-order valence-corrected chi connectivity index (χ2v) is 5.99. The first-order chi connectivity index (χ1) is 12.5. The lowest BCUT2D eigenvalue weighted by molar-refractivity contribution is -0.121. The van der Waals surface area contributed by atoms with Crippen molar-refractivity contribution in [2.75, 3.05) is 5.32 Å². The highest BCUT2D eigenvalue weighted by molar-refractivity contribution is 6.08. The maximum absolute atomic E-state index is 12.0. The molecule has 1 atom stereocenters. The molecule has 7 heteroatoms. The van der Waals surface area contributed by atoms with E-state index in [-0.39, 0.29) is 11.8 Å². The zero-order chi connectivity index (χ0) is 18.5. The van der Waals surface area contributed by atoms with E-state index in [0.29, 0.717) is 17.7 Å². The summed E-state index contributed by atoms with van der Waals surface area (Å²) in [7, 11) is 0. The van der Waals surface area contributed by atoms with Crippen LogP contribution in [0.4, 0.5) is 10.5 Å². The molecule has 0 saturated heterocycles. The van der Waals surface area contributed by atoms with E-state index in [1.165, 1.54) is 0 Å². The van der Waals surface area contributed by atoms with Gasteiger partial charge in [0.2, 0.25) is 5.91 Å². The molecule has 2 aromatic carbocycles. The number of rotatable bonds is 3. The molecule has 1 aliphatic heterocycles. The summed E-state index contributed by atoms with van der Waals surface area (Å²) in [6, 6.07) is 14.9. The standard InChI is InChI=1S/C19H18N4O3/c1-12-11-16(24)22-23-17(12)13-7-9-15(10-8-13)20-19(26)21-18(25)14-5-3-2-4-6-14/h2-10,12H,11H2,1H3,(H,22,24)(H2,20,21,25,26). The summed E-state index contributed by atoms with van der Waals surface area (Å²) < 4.78 is 0. The normalized spacial score (nSPS) is 16.3. The SMILES string of the molecule is CC1CC(=O)NN=C1c1ccc(NC(=O)NC(=O)c2ccccc2)cc1. The molecule has 2 aromatic rings. The Hall–Kier alpha value is -3.48. The lowest BCUT2D eigenvalue weighted by atomic mass is 9.94. The smallest absolute Gasteiger partial charge is 0.308 e. The van der Waals surface area contributed by atoms with Crippen LogP contribution in [0, 0.1) is 5.92 Å². The summed E-state index contributed by atoms with van der Waals surface area (Å²) >= 11 is 0. The number of hydrogen-bond acceptors (Lipinski definition) is 4. The van der Waals surface area contributed by atoms with E-state index in [4.69, 9.17) is 0 Å². The summed E-state index contributed by atoms with van der Waals surface area (Å²) in [6.07, 6.45) is 0.392. The fourth-order valence-electron chi connectivity index (χ4n) is 2.65. The number of carbonyl (C=O) groups is 3. The van der Waals surface area contributed by atoms with E-state index in [1.807, 2.05) is 6.92 Å². The molecule has 3 N–H and O–H groups in total. The van der Waals surface area contributed by atoms with Crippen molar-refractivity contribution in [3.05, 3.63) is 65.7 Å². The Morgan fingerprint density at radius 1 is 1.08 bits per heavy atom. The van der Waals surface area contributed by atoms with Crippen LogP contribution in [0.2, 0.25) is 0 Å². The Bertz CT molecular complexity index is 860. The molecule has 1 aliphatic rings. The second kappa shape index (κ2) is 7.60. The number of nitrogens with zero attached hydrogens (tertiary/aromatic N) is 1. The van der Waals surface area contributed by atoms with Crippen LogP contribution in [0.25, 0.3) is 0 Å². The van der Waals surface area contributed by atoms with Gasteiger partial charge in [0.15, 0.2) is 0 Å². The molecule has 0 saturated carbocycles. The predicted molar refractivity (Wildman–Crippen MR) is 97.8 cm³/mol. The van der Waals surface area contributed by atoms with Gasteiger partial charge in [-0.1, -0.05) is 37.3 Å². The number of amides is 4. The van der Waals surface area contributed by atoms with Crippen LogP contribution in [-0.2, 0) is 4.79 Å². The minimum atomic E-state index is -0.609. The third kappa shape index (κ3) is 4.13. The molecule has 0 bridgehead atoms. The fraction of sp³-hybridized carbons (Fsp3) is 0.158. The maximum atomic E-state index is 12.0. The van der Waals surface area contributed by atoms with E-state index in [0.717, 1.165) is 11.3 Å². The summed E-state index contributed by atoms with van der Waals surface area (Å²) in [4.78, 5) is 35.2. The Morgan fingerprint density at radius 3 is 2.42 bits per heavy atom. The van der Waals surface area contributed by atoms with Gasteiger partial charge in [0.1, 0.15) is 0 Å². The number of hydrogen-bond donors (Lipinski definition) is 3. The minimum Gasteiger partial charge on any atom is -0.308 e. The molecule has 1 heterocycles.